The van der Waals surface area contributed by atoms with Crippen molar-refractivity contribution in [3.05, 3.63) is 15.8 Å². The summed E-state index contributed by atoms with van der Waals surface area (Å²) >= 11 is 0. The fourth-order valence-corrected chi connectivity index (χ4v) is 3.26. The van der Waals surface area contributed by atoms with Gasteiger partial charge in [-0.1, -0.05) is 19.3 Å². The molecule has 0 amide bonds. The Morgan fingerprint density at radius 1 is 1.32 bits per heavy atom. The van der Waals surface area contributed by atoms with E-state index < -0.39 is 4.92 Å². The number of nitrogens with two attached hydrogens (primary N) is 1. The van der Waals surface area contributed by atoms with E-state index in [1.807, 2.05) is 14.1 Å². The number of aromatic nitrogens is 2. The predicted molar refractivity (Wildman–Crippen MR) is 85.8 cm³/mol. The molecule has 0 atom stereocenters. The molecule has 0 saturated heterocycles. The molecular formula is C14H24N6O2. The number of likely N-dealkylation sites (N-methyl/N-ethyl adjacent to an activating group) is 1. The maximum absolute atomic E-state index is 11.0. The number of hydrogen-bond donors (Lipinski definition) is 2. The molecule has 0 radical (unpaired) electrons. The summed E-state index contributed by atoms with van der Waals surface area (Å²) in [5.41, 5.74) is 5.70. The van der Waals surface area contributed by atoms with Crippen molar-refractivity contribution in [3.8, 4) is 0 Å². The standard InChI is InChI=1S/C14H24N6O2/c1-10-11(20(21)22)12(15)17-13(16-10)18-14(9-19(2)3)7-5-4-6-8-14/h4-9H2,1-3H3,(H3,15,16,17,18). The van der Waals surface area contributed by atoms with Gasteiger partial charge in [-0.25, -0.2) is 4.98 Å². The molecule has 8 heteroatoms. The highest BCUT2D eigenvalue weighted by atomic mass is 16.6. The molecule has 0 unspecified atom stereocenters. The minimum atomic E-state index is -0.537. The number of hydrogen-bond acceptors (Lipinski definition) is 7. The molecule has 1 saturated carbocycles. The van der Waals surface area contributed by atoms with E-state index in [1.165, 1.54) is 6.42 Å². The van der Waals surface area contributed by atoms with Gasteiger partial charge < -0.3 is 16.0 Å². The topological polar surface area (TPSA) is 110 Å². The van der Waals surface area contributed by atoms with Crippen molar-refractivity contribution in [1.82, 2.24) is 14.9 Å². The summed E-state index contributed by atoms with van der Waals surface area (Å²) in [5.74, 6) is 0.292. The largest absolute Gasteiger partial charge is 0.378 e. The first-order chi connectivity index (χ1) is 10.3. The van der Waals surface area contributed by atoms with Gasteiger partial charge in [0.25, 0.3) is 0 Å². The first-order valence-electron chi connectivity index (χ1n) is 7.54. The van der Waals surface area contributed by atoms with Gasteiger partial charge in [-0.3, -0.25) is 10.1 Å². The lowest BCUT2D eigenvalue weighted by Gasteiger charge is -2.40. The van der Waals surface area contributed by atoms with Crippen molar-refractivity contribution >= 4 is 17.5 Å². The van der Waals surface area contributed by atoms with Crippen molar-refractivity contribution in [3.63, 3.8) is 0 Å². The van der Waals surface area contributed by atoms with Crippen LogP contribution in [0.5, 0.6) is 0 Å². The molecule has 1 fully saturated rings. The monoisotopic (exact) mass is 308 g/mol. The minimum absolute atomic E-state index is 0.0872. The highest BCUT2D eigenvalue weighted by Crippen LogP contribution is 2.32. The Labute approximate surface area is 130 Å². The van der Waals surface area contributed by atoms with Crippen molar-refractivity contribution in [1.29, 1.82) is 0 Å². The van der Waals surface area contributed by atoms with Crippen LogP contribution < -0.4 is 11.1 Å². The average Bonchev–Trinajstić information content (AvgIpc) is 2.36. The Kier molecular flexibility index (Phi) is 4.80. The number of nitrogen functional groups attached to an aromatic ring is 1. The molecule has 1 aromatic rings. The SMILES string of the molecule is Cc1nc(NC2(CN(C)C)CCCCC2)nc(N)c1[N+](=O)[O-]. The number of nitrogens with one attached hydrogen (secondary N) is 1. The number of aryl methyl sites for hydroxylation is 1. The Hall–Kier alpha value is -1.96. The zero-order chi connectivity index (χ0) is 16.3. The first kappa shape index (κ1) is 16.4. The van der Waals surface area contributed by atoms with Crippen molar-refractivity contribution < 1.29 is 4.92 Å². The van der Waals surface area contributed by atoms with Gasteiger partial charge in [0.05, 0.1) is 10.5 Å². The number of rotatable bonds is 5. The van der Waals surface area contributed by atoms with Gasteiger partial charge in [-0.2, -0.15) is 4.98 Å². The summed E-state index contributed by atoms with van der Waals surface area (Å²) in [6.07, 6.45) is 5.61. The van der Waals surface area contributed by atoms with Gasteiger partial charge in [0.1, 0.15) is 5.69 Å². The third kappa shape index (κ3) is 3.62. The van der Waals surface area contributed by atoms with Crippen molar-refractivity contribution in [2.24, 2.45) is 0 Å². The summed E-state index contributed by atoms with van der Waals surface area (Å²) in [7, 11) is 4.07. The number of nitrogens with zero attached hydrogens (tertiary/aromatic N) is 4. The zero-order valence-corrected chi connectivity index (χ0v) is 13.4. The molecule has 122 valence electrons. The van der Waals surface area contributed by atoms with Gasteiger partial charge >= 0.3 is 5.69 Å². The van der Waals surface area contributed by atoms with Crippen LogP contribution in [0.3, 0.4) is 0 Å². The summed E-state index contributed by atoms with van der Waals surface area (Å²) in [6.45, 7) is 2.45. The van der Waals surface area contributed by atoms with Crippen molar-refractivity contribution in [2.45, 2.75) is 44.6 Å². The third-order valence-corrected chi connectivity index (χ3v) is 4.07. The number of nitro groups is 1. The quantitative estimate of drug-likeness (QED) is 0.631. The summed E-state index contributed by atoms with van der Waals surface area (Å²) in [4.78, 5) is 20.9. The van der Waals surface area contributed by atoms with E-state index in [0.717, 1.165) is 32.2 Å². The van der Waals surface area contributed by atoms with Crippen molar-refractivity contribution in [2.75, 3.05) is 31.7 Å². The zero-order valence-electron chi connectivity index (χ0n) is 13.4. The molecule has 0 bridgehead atoms. The van der Waals surface area contributed by atoms with Crippen LogP contribution in [-0.2, 0) is 0 Å². The Balaban J connectivity index is 2.28. The molecule has 1 aliphatic rings. The first-order valence-corrected chi connectivity index (χ1v) is 7.54. The number of anilines is 2. The molecule has 2 rings (SSSR count). The lowest BCUT2D eigenvalue weighted by molar-refractivity contribution is -0.385. The van der Waals surface area contributed by atoms with Crippen LogP contribution in [0.2, 0.25) is 0 Å². The normalized spacial score (nSPS) is 17.5. The molecule has 0 aromatic carbocycles. The van der Waals surface area contributed by atoms with E-state index in [2.05, 4.69) is 20.2 Å². The van der Waals surface area contributed by atoms with E-state index in [0.29, 0.717) is 5.95 Å². The lowest BCUT2D eigenvalue weighted by Crippen LogP contribution is -2.48. The van der Waals surface area contributed by atoms with Gasteiger partial charge in [-0.15, -0.1) is 0 Å². The summed E-state index contributed by atoms with van der Waals surface area (Å²) in [5, 5.41) is 14.4. The molecule has 1 heterocycles. The molecule has 3 N–H and O–H groups in total. The third-order valence-electron chi connectivity index (χ3n) is 4.07. The molecule has 0 aliphatic heterocycles. The Morgan fingerprint density at radius 2 is 1.95 bits per heavy atom. The highest BCUT2D eigenvalue weighted by molar-refractivity contribution is 5.58. The molecule has 22 heavy (non-hydrogen) atoms. The molecule has 1 aromatic heterocycles. The smallest absolute Gasteiger partial charge is 0.332 e. The van der Waals surface area contributed by atoms with E-state index in [1.54, 1.807) is 6.92 Å². The van der Waals surface area contributed by atoms with Crippen LogP contribution in [0.25, 0.3) is 0 Å². The van der Waals surface area contributed by atoms with Crippen LogP contribution >= 0.6 is 0 Å². The average molecular weight is 308 g/mol. The van der Waals surface area contributed by atoms with Gasteiger partial charge in [0.2, 0.25) is 11.8 Å². The van der Waals surface area contributed by atoms with Crippen LogP contribution in [-0.4, -0.2) is 46.0 Å². The fourth-order valence-electron chi connectivity index (χ4n) is 3.26. The van der Waals surface area contributed by atoms with Crippen LogP contribution in [0.15, 0.2) is 0 Å². The Morgan fingerprint density at radius 3 is 2.45 bits per heavy atom. The van der Waals surface area contributed by atoms with E-state index in [9.17, 15) is 10.1 Å². The molecule has 8 nitrogen and oxygen atoms in total. The molecular weight excluding hydrogens is 284 g/mol. The second-order valence-corrected chi connectivity index (χ2v) is 6.33. The Bertz CT molecular complexity index is 531. The van der Waals surface area contributed by atoms with Gasteiger partial charge in [0, 0.05) is 6.54 Å². The maximum atomic E-state index is 11.0. The fraction of sp³-hybridized carbons (Fsp3) is 0.714. The van der Waals surface area contributed by atoms with E-state index >= 15 is 0 Å². The second-order valence-electron chi connectivity index (χ2n) is 6.33. The summed E-state index contributed by atoms with van der Waals surface area (Å²) < 4.78 is 0. The minimum Gasteiger partial charge on any atom is -0.378 e. The summed E-state index contributed by atoms with van der Waals surface area (Å²) in [6, 6.07) is 0. The van der Waals surface area contributed by atoms with Crippen LogP contribution in [0.1, 0.15) is 37.8 Å². The van der Waals surface area contributed by atoms with E-state index in [4.69, 9.17) is 5.73 Å². The van der Waals surface area contributed by atoms with Crippen LogP contribution in [0, 0.1) is 17.0 Å². The molecule has 1 aliphatic carbocycles. The van der Waals surface area contributed by atoms with Gasteiger partial charge in [-0.05, 0) is 33.9 Å². The van der Waals surface area contributed by atoms with Gasteiger partial charge in [0.15, 0.2) is 0 Å². The second kappa shape index (κ2) is 6.43. The highest BCUT2D eigenvalue weighted by Gasteiger charge is 2.34. The van der Waals surface area contributed by atoms with Crippen LogP contribution in [0.4, 0.5) is 17.5 Å². The predicted octanol–water partition coefficient (Wildman–Crippen LogP) is 1.95. The lowest BCUT2D eigenvalue weighted by atomic mass is 9.81. The van der Waals surface area contributed by atoms with E-state index in [-0.39, 0.29) is 22.7 Å². The molecule has 0 spiro atoms. The maximum Gasteiger partial charge on any atom is 0.332 e.